The third-order valence-corrected chi connectivity index (χ3v) is 7.36. The SMILES string of the molecule is O=C(NCCCc1ccccc1)C(=O)NC[C@@H]1OCCN1S(=O)(=O)c1ccc2c(c1)OCCO2. The summed E-state index contributed by atoms with van der Waals surface area (Å²) in [5.74, 6) is -0.762. The van der Waals surface area contributed by atoms with Crippen molar-refractivity contribution < 1.29 is 32.2 Å². The van der Waals surface area contributed by atoms with Gasteiger partial charge in [-0.05, 0) is 30.5 Å². The van der Waals surface area contributed by atoms with E-state index in [1.54, 1.807) is 6.07 Å². The van der Waals surface area contributed by atoms with Crippen LogP contribution in [0.3, 0.4) is 0 Å². The average molecular weight is 490 g/mol. The van der Waals surface area contributed by atoms with Crippen LogP contribution < -0.4 is 20.1 Å². The number of nitrogens with zero attached hydrogens (tertiary/aromatic N) is 1. The average Bonchev–Trinajstić information content (AvgIpc) is 3.35. The first kappa shape index (κ1) is 24.0. The summed E-state index contributed by atoms with van der Waals surface area (Å²) in [4.78, 5) is 24.3. The third kappa shape index (κ3) is 5.66. The normalized spacial score (nSPS) is 17.8. The molecule has 10 nitrogen and oxygen atoms in total. The Hall–Kier alpha value is -3.15. The molecular weight excluding hydrogens is 462 g/mol. The summed E-state index contributed by atoms with van der Waals surface area (Å²) in [5.41, 5.74) is 1.15. The minimum atomic E-state index is -3.91. The second kappa shape index (κ2) is 10.9. The van der Waals surface area contributed by atoms with Crippen LogP contribution in [0.4, 0.5) is 0 Å². The van der Waals surface area contributed by atoms with E-state index in [9.17, 15) is 18.0 Å². The maximum atomic E-state index is 13.2. The number of ether oxygens (including phenoxy) is 3. The zero-order valence-electron chi connectivity index (χ0n) is 18.6. The van der Waals surface area contributed by atoms with Crippen LogP contribution in [-0.2, 0) is 30.8 Å². The fraction of sp³-hybridized carbons (Fsp3) is 0.391. The molecular formula is C23H27N3O7S. The highest BCUT2D eigenvalue weighted by atomic mass is 32.2. The van der Waals surface area contributed by atoms with Crippen molar-refractivity contribution in [2.45, 2.75) is 24.0 Å². The summed E-state index contributed by atoms with van der Waals surface area (Å²) in [6.07, 6.45) is 0.551. The number of fused-ring (bicyclic) bond motifs is 1. The fourth-order valence-electron chi connectivity index (χ4n) is 3.74. The molecule has 0 unspecified atom stereocenters. The summed E-state index contributed by atoms with van der Waals surface area (Å²) in [6.45, 7) is 1.25. The zero-order valence-corrected chi connectivity index (χ0v) is 19.4. The quantitative estimate of drug-likeness (QED) is 0.413. The minimum Gasteiger partial charge on any atom is -0.486 e. The van der Waals surface area contributed by atoms with Crippen LogP contribution in [0.5, 0.6) is 11.5 Å². The van der Waals surface area contributed by atoms with E-state index in [0.29, 0.717) is 37.7 Å². The number of carbonyl (C=O) groups excluding carboxylic acids is 2. The van der Waals surface area contributed by atoms with Crippen LogP contribution in [-0.4, -0.2) is 70.2 Å². The highest BCUT2D eigenvalue weighted by Gasteiger charge is 2.37. The number of carbonyl (C=O) groups is 2. The lowest BCUT2D eigenvalue weighted by atomic mass is 10.1. The van der Waals surface area contributed by atoms with Gasteiger partial charge in [-0.15, -0.1) is 0 Å². The van der Waals surface area contributed by atoms with Gasteiger partial charge < -0.3 is 24.8 Å². The number of rotatable bonds is 8. The Morgan fingerprint density at radius 1 is 0.941 bits per heavy atom. The minimum absolute atomic E-state index is 0.0368. The molecule has 2 aliphatic rings. The van der Waals surface area contributed by atoms with E-state index in [1.165, 1.54) is 12.1 Å². The van der Waals surface area contributed by atoms with Gasteiger partial charge in [0, 0.05) is 19.2 Å². The van der Waals surface area contributed by atoms with Crippen LogP contribution in [0.25, 0.3) is 0 Å². The number of benzene rings is 2. The van der Waals surface area contributed by atoms with Gasteiger partial charge in [0.05, 0.1) is 18.0 Å². The number of sulfonamides is 1. The molecule has 1 saturated heterocycles. The van der Waals surface area contributed by atoms with E-state index in [2.05, 4.69) is 10.6 Å². The summed E-state index contributed by atoms with van der Waals surface area (Å²) >= 11 is 0. The molecule has 0 bridgehead atoms. The molecule has 0 spiro atoms. The van der Waals surface area contributed by atoms with E-state index >= 15 is 0 Å². The largest absolute Gasteiger partial charge is 0.486 e. The molecule has 0 saturated carbocycles. The standard InChI is InChI=1S/C23H27N3O7S/c27-22(24-10-4-7-17-5-2-1-3-6-17)23(28)25-16-21-26(11-12-33-21)34(29,30)18-8-9-19-20(15-18)32-14-13-31-19/h1-3,5-6,8-9,15,21H,4,7,10-14,16H2,(H,24,27)(H,25,28)/t21-/m0/s1. The van der Waals surface area contributed by atoms with Gasteiger partial charge in [-0.2, -0.15) is 4.31 Å². The monoisotopic (exact) mass is 489 g/mol. The summed E-state index contributed by atoms with van der Waals surface area (Å²) in [7, 11) is -3.91. The first-order chi connectivity index (χ1) is 16.4. The van der Waals surface area contributed by atoms with E-state index < -0.39 is 28.1 Å². The van der Waals surface area contributed by atoms with Crippen molar-refractivity contribution in [1.82, 2.24) is 14.9 Å². The summed E-state index contributed by atoms with van der Waals surface area (Å²) < 4.78 is 43.9. The Morgan fingerprint density at radius 3 is 2.47 bits per heavy atom. The molecule has 0 radical (unpaired) electrons. The van der Waals surface area contributed by atoms with E-state index in [1.807, 2.05) is 30.3 Å². The molecule has 11 heteroatoms. The molecule has 1 fully saturated rings. The van der Waals surface area contributed by atoms with E-state index in [0.717, 1.165) is 16.3 Å². The maximum Gasteiger partial charge on any atom is 0.309 e. The predicted octanol–water partition coefficient (Wildman–Crippen LogP) is 0.670. The highest BCUT2D eigenvalue weighted by molar-refractivity contribution is 7.89. The van der Waals surface area contributed by atoms with Crippen molar-refractivity contribution in [1.29, 1.82) is 0 Å². The van der Waals surface area contributed by atoms with Gasteiger partial charge in [0.2, 0.25) is 10.0 Å². The number of hydrogen-bond donors (Lipinski definition) is 2. The van der Waals surface area contributed by atoms with Gasteiger partial charge in [-0.1, -0.05) is 30.3 Å². The lowest BCUT2D eigenvalue weighted by Gasteiger charge is -2.24. The Balaban J connectivity index is 1.27. The number of aryl methyl sites for hydroxylation is 1. The van der Waals surface area contributed by atoms with Crippen LogP contribution in [0.15, 0.2) is 53.4 Å². The molecule has 2 heterocycles. The molecule has 1 atom stereocenters. The van der Waals surface area contributed by atoms with Gasteiger partial charge >= 0.3 is 11.8 Å². The molecule has 0 aliphatic carbocycles. The van der Waals surface area contributed by atoms with Gasteiger partial charge in [0.1, 0.15) is 19.4 Å². The Kier molecular flexibility index (Phi) is 7.66. The van der Waals surface area contributed by atoms with E-state index in [-0.39, 0.29) is 24.6 Å². The zero-order chi connectivity index (χ0) is 24.0. The van der Waals surface area contributed by atoms with Crippen molar-refractivity contribution in [3.05, 3.63) is 54.1 Å². The van der Waals surface area contributed by atoms with Gasteiger partial charge in [-0.3, -0.25) is 9.59 Å². The molecule has 2 aromatic carbocycles. The number of nitrogens with one attached hydrogen (secondary N) is 2. The molecule has 2 aromatic rings. The van der Waals surface area contributed by atoms with Gasteiger partial charge in [0.25, 0.3) is 0 Å². The molecule has 182 valence electrons. The van der Waals surface area contributed by atoms with Crippen LogP contribution in [0.1, 0.15) is 12.0 Å². The van der Waals surface area contributed by atoms with Gasteiger partial charge in [-0.25, -0.2) is 8.42 Å². The smallest absolute Gasteiger partial charge is 0.309 e. The summed E-state index contributed by atoms with van der Waals surface area (Å²) in [6, 6.07) is 14.2. The van der Waals surface area contributed by atoms with Crippen LogP contribution >= 0.6 is 0 Å². The lowest BCUT2D eigenvalue weighted by Crippen LogP contribution is -2.47. The summed E-state index contributed by atoms with van der Waals surface area (Å²) in [5, 5.41) is 5.03. The lowest BCUT2D eigenvalue weighted by molar-refractivity contribution is -0.139. The van der Waals surface area contributed by atoms with Crippen molar-refractivity contribution >= 4 is 21.8 Å². The Morgan fingerprint density at radius 2 is 1.68 bits per heavy atom. The topological polar surface area (TPSA) is 123 Å². The van der Waals surface area contributed by atoms with Crippen molar-refractivity contribution in [3.8, 4) is 11.5 Å². The second-order valence-corrected chi connectivity index (χ2v) is 9.69. The van der Waals surface area contributed by atoms with Crippen molar-refractivity contribution in [2.24, 2.45) is 0 Å². The van der Waals surface area contributed by atoms with E-state index in [4.69, 9.17) is 14.2 Å². The van der Waals surface area contributed by atoms with Crippen LogP contribution in [0.2, 0.25) is 0 Å². The second-order valence-electron chi connectivity index (χ2n) is 7.80. The van der Waals surface area contributed by atoms with Crippen LogP contribution in [0, 0.1) is 0 Å². The fourth-order valence-corrected chi connectivity index (χ4v) is 5.27. The number of amides is 2. The number of hydrogen-bond acceptors (Lipinski definition) is 7. The molecule has 4 rings (SSSR count). The first-order valence-corrected chi connectivity index (χ1v) is 12.5. The molecule has 0 aromatic heterocycles. The molecule has 2 amide bonds. The molecule has 34 heavy (non-hydrogen) atoms. The predicted molar refractivity (Wildman–Crippen MR) is 122 cm³/mol. The van der Waals surface area contributed by atoms with Crippen molar-refractivity contribution in [3.63, 3.8) is 0 Å². The van der Waals surface area contributed by atoms with Crippen molar-refractivity contribution in [2.75, 3.05) is 39.5 Å². The molecule has 2 aliphatic heterocycles. The third-order valence-electron chi connectivity index (χ3n) is 5.48. The van der Waals surface area contributed by atoms with Gasteiger partial charge in [0.15, 0.2) is 11.5 Å². The maximum absolute atomic E-state index is 13.2. The Bertz CT molecular complexity index is 1120. The highest BCUT2D eigenvalue weighted by Crippen LogP contribution is 2.34. The Labute approximate surface area is 198 Å². The molecule has 2 N–H and O–H groups in total. The first-order valence-electron chi connectivity index (χ1n) is 11.1.